The second-order valence-electron chi connectivity index (χ2n) is 11.1. The Hall–Kier alpha value is -4.40. The number of amides is 1. The van der Waals surface area contributed by atoms with E-state index in [0.29, 0.717) is 62.4 Å². The van der Waals surface area contributed by atoms with Crippen molar-refractivity contribution in [2.45, 2.75) is 13.1 Å². The number of anilines is 4. The fourth-order valence-electron chi connectivity index (χ4n) is 5.27. The van der Waals surface area contributed by atoms with Crippen molar-refractivity contribution in [1.29, 1.82) is 0 Å². The minimum atomic E-state index is -4.95. The number of morpholine rings is 1. The highest BCUT2D eigenvalue weighted by molar-refractivity contribution is 6.05. The number of carbonyl (C=O) groups is 1. The minimum absolute atomic E-state index is 0.132. The summed E-state index contributed by atoms with van der Waals surface area (Å²) in [7, 11) is 1.88. The lowest BCUT2D eigenvalue weighted by atomic mass is 10.1. The van der Waals surface area contributed by atoms with Crippen molar-refractivity contribution in [2.24, 2.45) is 11.6 Å². The molecule has 3 aromatic rings. The number of likely N-dealkylation sites (N-methyl/N-ethyl adjacent to an activating group) is 1. The van der Waals surface area contributed by atoms with Crippen LogP contribution in [0.4, 0.5) is 40.3 Å². The third kappa shape index (κ3) is 7.47. The van der Waals surface area contributed by atoms with Gasteiger partial charge in [-0.05, 0) is 49.9 Å². The molecule has 0 saturated carbocycles. The molecule has 1 aromatic heterocycles. The molecule has 2 aromatic carbocycles. The Balaban J connectivity index is 1.37. The molecule has 0 spiro atoms. The van der Waals surface area contributed by atoms with Gasteiger partial charge in [0.2, 0.25) is 0 Å². The standard InChI is InChI=1S/C31H36F4N8O2/c1-20-3-4-21(14-27(20)43(37)19-26(36)22-13-24(18-38-17-22)41-9-11-45-12-10-41)30(44)39-23-15-25(31(33,34)35)29(32)28(16-23)42-7-5-40(2)6-8-42/h3-4,13-19H,5-12,36-37H2,1-2H3,(H,39,44)/b26-19-. The number of nitrogens with two attached hydrogens (primary N) is 2. The summed E-state index contributed by atoms with van der Waals surface area (Å²) in [6, 6.07) is 8.45. The number of hydrogen-bond donors (Lipinski definition) is 3. The Kier molecular flexibility index (Phi) is 9.46. The van der Waals surface area contributed by atoms with E-state index in [2.05, 4.69) is 15.2 Å². The van der Waals surface area contributed by atoms with Gasteiger partial charge in [-0.2, -0.15) is 13.2 Å². The summed E-state index contributed by atoms with van der Waals surface area (Å²) in [4.78, 5) is 23.3. The van der Waals surface area contributed by atoms with Gasteiger partial charge in [0, 0.05) is 68.5 Å². The summed E-state index contributed by atoms with van der Waals surface area (Å²) in [5, 5.41) is 3.78. The summed E-state index contributed by atoms with van der Waals surface area (Å²) in [6.45, 7) is 6.33. The van der Waals surface area contributed by atoms with E-state index in [1.807, 2.05) is 18.0 Å². The first-order valence-electron chi connectivity index (χ1n) is 14.5. The van der Waals surface area contributed by atoms with Crippen molar-refractivity contribution < 1.29 is 27.1 Å². The van der Waals surface area contributed by atoms with E-state index in [9.17, 15) is 18.0 Å². The molecule has 1 amide bonds. The zero-order valence-corrected chi connectivity index (χ0v) is 25.1. The van der Waals surface area contributed by atoms with E-state index >= 15 is 4.39 Å². The zero-order chi connectivity index (χ0) is 32.3. The van der Waals surface area contributed by atoms with Crippen LogP contribution >= 0.6 is 0 Å². The van der Waals surface area contributed by atoms with Crippen LogP contribution in [0.5, 0.6) is 0 Å². The highest BCUT2D eigenvalue weighted by Gasteiger charge is 2.37. The zero-order valence-electron chi connectivity index (χ0n) is 25.1. The number of nitrogens with one attached hydrogen (secondary N) is 1. The van der Waals surface area contributed by atoms with Gasteiger partial charge in [-0.15, -0.1) is 0 Å². The lowest BCUT2D eigenvalue weighted by Gasteiger charge is -2.34. The monoisotopic (exact) mass is 628 g/mol. The average Bonchev–Trinajstić information content (AvgIpc) is 3.02. The van der Waals surface area contributed by atoms with Crippen molar-refractivity contribution in [1.82, 2.24) is 9.88 Å². The molecule has 0 atom stereocenters. The number of hydrogen-bond acceptors (Lipinski definition) is 9. The van der Waals surface area contributed by atoms with Crippen LogP contribution in [0.3, 0.4) is 0 Å². The van der Waals surface area contributed by atoms with Crippen molar-refractivity contribution in [3.8, 4) is 0 Å². The number of aryl methyl sites for hydroxylation is 1. The van der Waals surface area contributed by atoms with Gasteiger partial charge in [-0.1, -0.05) is 6.07 Å². The molecule has 10 nitrogen and oxygen atoms in total. The number of nitrogens with zero attached hydrogens (tertiary/aromatic N) is 5. The smallest absolute Gasteiger partial charge is 0.397 e. The number of benzene rings is 2. The second-order valence-corrected chi connectivity index (χ2v) is 11.1. The molecule has 5 rings (SSSR count). The number of piperazine rings is 1. The van der Waals surface area contributed by atoms with E-state index in [1.165, 1.54) is 29.4 Å². The predicted molar refractivity (Wildman–Crippen MR) is 166 cm³/mol. The van der Waals surface area contributed by atoms with Crippen LogP contribution in [-0.2, 0) is 10.9 Å². The Bertz CT molecular complexity index is 1570. The summed E-state index contributed by atoms with van der Waals surface area (Å²) < 4.78 is 61.9. The Labute approximate surface area is 258 Å². The fourth-order valence-corrected chi connectivity index (χ4v) is 5.27. The number of ether oxygens (including phenoxy) is 1. The Morgan fingerprint density at radius 3 is 2.40 bits per heavy atom. The largest absolute Gasteiger partial charge is 0.419 e. The summed E-state index contributed by atoms with van der Waals surface area (Å²) in [5.74, 6) is 4.30. The normalized spacial score (nSPS) is 16.6. The van der Waals surface area contributed by atoms with Crippen molar-refractivity contribution >= 4 is 34.4 Å². The second kappa shape index (κ2) is 13.3. The lowest BCUT2D eigenvalue weighted by Crippen LogP contribution is -2.45. The highest BCUT2D eigenvalue weighted by atomic mass is 19.4. The first-order chi connectivity index (χ1) is 21.4. The molecule has 0 aliphatic carbocycles. The maximum Gasteiger partial charge on any atom is 0.419 e. The van der Waals surface area contributed by atoms with Crippen LogP contribution in [0.25, 0.3) is 5.70 Å². The molecule has 240 valence electrons. The molecule has 0 unspecified atom stereocenters. The third-order valence-corrected chi connectivity index (χ3v) is 7.92. The fraction of sp³-hybridized carbons (Fsp3) is 0.355. The number of rotatable bonds is 7. The number of aromatic nitrogens is 1. The molecule has 2 aliphatic heterocycles. The van der Waals surface area contributed by atoms with Crippen LogP contribution in [-0.4, -0.2) is 75.3 Å². The van der Waals surface area contributed by atoms with Crippen LogP contribution in [0.15, 0.2) is 55.0 Å². The highest BCUT2D eigenvalue weighted by Crippen LogP contribution is 2.38. The molecule has 2 saturated heterocycles. The molecular formula is C31H36F4N8O2. The number of hydrazine groups is 1. The molecule has 5 N–H and O–H groups in total. The van der Waals surface area contributed by atoms with Crippen LogP contribution < -0.4 is 31.7 Å². The van der Waals surface area contributed by atoms with Gasteiger partial charge in [-0.25, -0.2) is 10.2 Å². The lowest BCUT2D eigenvalue weighted by molar-refractivity contribution is -0.139. The summed E-state index contributed by atoms with van der Waals surface area (Å²) >= 11 is 0. The van der Waals surface area contributed by atoms with E-state index in [-0.39, 0.29) is 16.9 Å². The maximum atomic E-state index is 15.1. The van der Waals surface area contributed by atoms with Gasteiger partial charge in [0.1, 0.15) is 0 Å². The minimum Gasteiger partial charge on any atom is -0.397 e. The molecule has 2 aliphatic rings. The van der Waals surface area contributed by atoms with Gasteiger partial charge in [-0.3, -0.25) is 14.8 Å². The molecule has 0 bridgehead atoms. The average molecular weight is 629 g/mol. The third-order valence-electron chi connectivity index (χ3n) is 7.92. The molecule has 0 radical (unpaired) electrons. The number of carbonyl (C=O) groups excluding carboxylic acids is 1. The first kappa shape index (κ1) is 32.0. The van der Waals surface area contributed by atoms with Crippen LogP contribution in [0.1, 0.15) is 27.0 Å². The molecule has 3 heterocycles. The number of pyridine rings is 1. The first-order valence-corrected chi connectivity index (χ1v) is 14.5. The van der Waals surface area contributed by atoms with Crippen molar-refractivity contribution in [3.63, 3.8) is 0 Å². The topological polar surface area (TPSA) is 116 Å². The van der Waals surface area contributed by atoms with E-state index in [0.717, 1.165) is 24.3 Å². The molecule has 45 heavy (non-hydrogen) atoms. The predicted octanol–water partition coefficient (Wildman–Crippen LogP) is 4.03. The van der Waals surface area contributed by atoms with Gasteiger partial charge in [0.25, 0.3) is 5.91 Å². The van der Waals surface area contributed by atoms with Crippen molar-refractivity contribution in [2.75, 3.05) is 79.7 Å². The van der Waals surface area contributed by atoms with Crippen LogP contribution in [0.2, 0.25) is 0 Å². The van der Waals surface area contributed by atoms with E-state index < -0.39 is 23.5 Å². The quantitative estimate of drug-likeness (QED) is 0.203. The summed E-state index contributed by atoms with van der Waals surface area (Å²) in [6.07, 6.45) is -0.0785. The van der Waals surface area contributed by atoms with Gasteiger partial charge < -0.3 is 30.5 Å². The molecule has 14 heteroatoms. The van der Waals surface area contributed by atoms with Crippen LogP contribution in [0, 0.1) is 12.7 Å². The van der Waals surface area contributed by atoms with E-state index in [4.69, 9.17) is 16.3 Å². The van der Waals surface area contributed by atoms with Crippen molar-refractivity contribution in [3.05, 3.63) is 83.1 Å². The molecular weight excluding hydrogens is 592 g/mol. The molecule has 2 fully saturated rings. The number of alkyl halides is 3. The Morgan fingerprint density at radius 1 is 1.00 bits per heavy atom. The van der Waals surface area contributed by atoms with Gasteiger partial charge in [0.05, 0.1) is 47.7 Å². The SMILES string of the molecule is Cc1ccc(C(=O)Nc2cc(N3CCN(C)CC3)c(F)c(C(F)(F)F)c2)cc1N(N)/C=C(\N)c1cncc(N2CCOCC2)c1. The van der Waals surface area contributed by atoms with Gasteiger partial charge in [0.15, 0.2) is 5.82 Å². The van der Waals surface area contributed by atoms with Gasteiger partial charge >= 0.3 is 6.18 Å². The Morgan fingerprint density at radius 2 is 1.71 bits per heavy atom. The maximum absolute atomic E-state index is 15.1. The summed E-state index contributed by atoms with van der Waals surface area (Å²) in [5.41, 5.74) is 7.71. The number of halogens is 4. The van der Waals surface area contributed by atoms with E-state index in [1.54, 1.807) is 30.3 Å².